The van der Waals surface area contributed by atoms with Crippen LogP contribution in [0.15, 0.2) is 24.3 Å². The monoisotopic (exact) mass is 301 g/mol. The number of aliphatic hydroxyl groups is 1. The van der Waals surface area contributed by atoms with E-state index in [0.29, 0.717) is 0 Å². The third kappa shape index (κ3) is 1.44. The molecule has 4 aliphatic rings. The second kappa shape index (κ2) is 4.25. The fourth-order valence-electron chi connectivity index (χ4n) is 4.67. The Balaban J connectivity index is 1.72. The summed E-state index contributed by atoms with van der Waals surface area (Å²) in [5.41, 5.74) is 2.11. The average molecular weight is 301 g/mol. The highest BCUT2D eigenvalue weighted by molar-refractivity contribution is 5.56. The first-order valence-electron chi connectivity index (χ1n) is 7.83. The zero-order valence-corrected chi connectivity index (χ0v) is 12.5. The second-order valence-electron chi connectivity index (χ2n) is 6.58. The van der Waals surface area contributed by atoms with Crippen LogP contribution in [0, 0.1) is 0 Å². The van der Waals surface area contributed by atoms with Crippen LogP contribution < -0.4 is 9.47 Å². The predicted octanol–water partition coefficient (Wildman–Crippen LogP) is 1.71. The Morgan fingerprint density at radius 3 is 2.95 bits per heavy atom. The van der Waals surface area contributed by atoms with Crippen molar-refractivity contribution in [3.05, 3.63) is 35.4 Å². The number of ether oxygens (including phenoxy) is 3. The van der Waals surface area contributed by atoms with Crippen molar-refractivity contribution < 1.29 is 19.3 Å². The first kappa shape index (κ1) is 12.9. The Morgan fingerprint density at radius 1 is 1.32 bits per heavy atom. The van der Waals surface area contributed by atoms with Gasteiger partial charge >= 0.3 is 0 Å². The molecule has 5 atom stereocenters. The van der Waals surface area contributed by atoms with Gasteiger partial charge in [-0.25, -0.2) is 0 Å². The summed E-state index contributed by atoms with van der Waals surface area (Å²) in [6.07, 6.45) is 5.95. The van der Waals surface area contributed by atoms with Crippen LogP contribution in [0.5, 0.6) is 11.5 Å². The van der Waals surface area contributed by atoms with Crippen LogP contribution in [-0.4, -0.2) is 42.6 Å². The first-order valence-corrected chi connectivity index (χ1v) is 7.83. The summed E-state index contributed by atoms with van der Waals surface area (Å²) in [5, 5.41) is 10.8. The van der Waals surface area contributed by atoms with Crippen molar-refractivity contribution in [2.75, 3.05) is 20.4 Å². The lowest BCUT2D eigenvalue weighted by atomic mass is 9.66. The van der Waals surface area contributed by atoms with E-state index in [1.807, 2.05) is 6.07 Å². The summed E-state index contributed by atoms with van der Waals surface area (Å²) in [5.74, 6) is 1.53. The molecule has 22 heavy (non-hydrogen) atoms. The molecular formula is C17H19NO4. The number of methoxy groups -OCH3 is 1. The molecule has 1 aromatic carbocycles. The van der Waals surface area contributed by atoms with Crippen molar-refractivity contribution in [2.24, 2.45) is 0 Å². The number of hydrogen-bond acceptors (Lipinski definition) is 5. The molecule has 0 spiro atoms. The topological polar surface area (TPSA) is 51.2 Å². The molecule has 0 radical (unpaired) electrons. The summed E-state index contributed by atoms with van der Waals surface area (Å²) < 4.78 is 16.6. The van der Waals surface area contributed by atoms with E-state index in [0.717, 1.165) is 36.4 Å². The molecule has 1 saturated heterocycles. The minimum atomic E-state index is -0.575. The first-order chi connectivity index (χ1) is 10.7. The van der Waals surface area contributed by atoms with Crippen LogP contribution in [0.25, 0.3) is 0 Å². The maximum atomic E-state index is 10.8. The van der Waals surface area contributed by atoms with Crippen molar-refractivity contribution in [3.63, 3.8) is 0 Å². The lowest BCUT2D eigenvalue weighted by Crippen LogP contribution is -2.51. The summed E-state index contributed by atoms with van der Waals surface area (Å²) >= 11 is 0. The van der Waals surface area contributed by atoms with Crippen LogP contribution in [0.4, 0.5) is 0 Å². The SMILES string of the molecule is CO[C@H]1C=C[C@@]23CCN([C@H](O)c4cc5c(cc42)OCO5)[C@@H]3C1. The number of benzene rings is 1. The van der Waals surface area contributed by atoms with Crippen molar-refractivity contribution in [3.8, 4) is 11.5 Å². The lowest BCUT2D eigenvalue weighted by Gasteiger charge is -2.47. The molecule has 1 unspecified atom stereocenters. The van der Waals surface area contributed by atoms with E-state index in [1.54, 1.807) is 7.11 Å². The van der Waals surface area contributed by atoms with Crippen LogP contribution in [-0.2, 0) is 10.2 Å². The van der Waals surface area contributed by atoms with Crippen molar-refractivity contribution in [1.29, 1.82) is 0 Å². The van der Waals surface area contributed by atoms with Crippen molar-refractivity contribution in [1.82, 2.24) is 4.90 Å². The zero-order valence-electron chi connectivity index (χ0n) is 12.5. The third-order valence-electron chi connectivity index (χ3n) is 5.78. The number of nitrogens with zero attached hydrogens (tertiary/aromatic N) is 1. The minimum absolute atomic E-state index is 0.0371. The van der Waals surface area contributed by atoms with Gasteiger partial charge in [-0.2, -0.15) is 0 Å². The maximum absolute atomic E-state index is 10.8. The summed E-state index contributed by atoms with van der Waals surface area (Å²) in [6, 6.07) is 4.31. The summed E-state index contributed by atoms with van der Waals surface area (Å²) in [6.45, 7) is 1.16. The van der Waals surface area contributed by atoms with Crippen molar-refractivity contribution in [2.45, 2.75) is 36.6 Å². The highest BCUT2D eigenvalue weighted by atomic mass is 16.7. The van der Waals surface area contributed by atoms with E-state index in [4.69, 9.17) is 14.2 Å². The van der Waals surface area contributed by atoms with Gasteiger partial charge < -0.3 is 19.3 Å². The molecule has 2 bridgehead atoms. The molecule has 5 nitrogen and oxygen atoms in total. The quantitative estimate of drug-likeness (QED) is 0.800. The Hall–Kier alpha value is -1.56. The van der Waals surface area contributed by atoms with Gasteiger partial charge in [0.1, 0.15) is 6.23 Å². The molecular weight excluding hydrogens is 282 g/mol. The molecule has 116 valence electrons. The van der Waals surface area contributed by atoms with E-state index in [9.17, 15) is 5.11 Å². The number of fused-ring (bicyclic) bond motifs is 2. The average Bonchev–Trinajstić information content (AvgIpc) is 3.13. The van der Waals surface area contributed by atoms with Gasteiger partial charge in [0.05, 0.1) is 6.10 Å². The molecule has 1 N–H and O–H groups in total. The Morgan fingerprint density at radius 2 is 2.14 bits per heavy atom. The number of aliphatic hydroxyl groups excluding tert-OH is 1. The molecule has 1 fully saturated rings. The number of hydrogen-bond donors (Lipinski definition) is 1. The van der Waals surface area contributed by atoms with E-state index >= 15 is 0 Å². The van der Waals surface area contributed by atoms with Gasteiger partial charge in [-0.15, -0.1) is 0 Å². The van der Waals surface area contributed by atoms with Crippen molar-refractivity contribution >= 4 is 0 Å². The highest BCUT2D eigenvalue weighted by Crippen LogP contribution is 2.56. The maximum Gasteiger partial charge on any atom is 0.231 e. The largest absolute Gasteiger partial charge is 0.454 e. The summed E-state index contributed by atoms with van der Waals surface area (Å²) in [7, 11) is 1.75. The van der Waals surface area contributed by atoms with E-state index < -0.39 is 6.23 Å². The number of rotatable bonds is 1. The Kier molecular flexibility index (Phi) is 2.50. The van der Waals surface area contributed by atoms with E-state index in [2.05, 4.69) is 23.1 Å². The lowest BCUT2D eigenvalue weighted by molar-refractivity contribution is -0.0399. The second-order valence-corrected chi connectivity index (χ2v) is 6.58. The van der Waals surface area contributed by atoms with Gasteiger partial charge in [-0.3, -0.25) is 4.90 Å². The molecule has 3 aliphatic heterocycles. The van der Waals surface area contributed by atoms with Gasteiger partial charge in [0.15, 0.2) is 11.5 Å². The standard InChI is InChI=1S/C17H19NO4/c1-20-10-2-3-17-4-5-18(15(17)6-10)16(19)11-7-13-14(8-12(11)17)22-9-21-13/h2-3,7-8,10,15-16,19H,4-6,9H2,1H3/t10-,15+,16+,17+/m0/s1. The fraction of sp³-hybridized carbons (Fsp3) is 0.529. The highest BCUT2D eigenvalue weighted by Gasteiger charge is 2.56. The molecule has 0 aromatic heterocycles. The molecule has 3 heterocycles. The summed E-state index contributed by atoms with van der Waals surface area (Å²) in [4.78, 5) is 2.21. The van der Waals surface area contributed by atoms with Crippen LogP contribution >= 0.6 is 0 Å². The normalized spacial score (nSPS) is 40.5. The smallest absolute Gasteiger partial charge is 0.231 e. The van der Waals surface area contributed by atoms with Gasteiger partial charge in [0.25, 0.3) is 0 Å². The Bertz CT molecular complexity index is 673. The zero-order chi connectivity index (χ0) is 14.9. The van der Waals surface area contributed by atoms with Gasteiger partial charge in [0, 0.05) is 30.7 Å². The van der Waals surface area contributed by atoms with Gasteiger partial charge in [-0.1, -0.05) is 12.2 Å². The predicted molar refractivity (Wildman–Crippen MR) is 78.9 cm³/mol. The molecule has 0 amide bonds. The van der Waals surface area contributed by atoms with E-state index in [-0.39, 0.29) is 24.4 Å². The molecule has 0 saturated carbocycles. The Labute approximate surface area is 129 Å². The molecule has 5 heteroatoms. The van der Waals surface area contributed by atoms with Crippen LogP contribution in [0.1, 0.15) is 30.2 Å². The fourth-order valence-corrected chi connectivity index (χ4v) is 4.67. The van der Waals surface area contributed by atoms with Crippen LogP contribution in [0.2, 0.25) is 0 Å². The van der Waals surface area contributed by atoms with E-state index in [1.165, 1.54) is 5.56 Å². The van der Waals surface area contributed by atoms with Gasteiger partial charge in [0.2, 0.25) is 6.79 Å². The van der Waals surface area contributed by atoms with Gasteiger partial charge in [-0.05, 0) is 30.5 Å². The molecule has 1 aliphatic carbocycles. The minimum Gasteiger partial charge on any atom is -0.454 e. The third-order valence-corrected chi connectivity index (χ3v) is 5.78. The van der Waals surface area contributed by atoms with Crippen LogP contribution in [0.3, 0.4) is 0 Å². The molecule has 1 aromatic rings. The molecule has 5 rings (SSSR count).